The van der Waals surface area contributed by atoms with Gasteiger partial charge in [0.05, 0.1) is 5.71 Å². The zero-order chi connectivity index (χ0) is 7.98. The molecule has 0 aliphatic carbocycles. The lowest BCUT2D eigenvalue weighted by Crippen LogP contribution is -2.02. The Kier molecular flexibility index (Phi) is 5.40. The first kappa shape index (κ1) is 9.76. The normalized spacial score (nSPS) is 13.5. The second-order valence-electron chi connectivity index (χ2n) is 2.35. The lowest BCUT2D eigenvalue weighted by atomic mass is 10.1. The number of nitrogens with zero attached hydrogens (tertiary/aromatic N) is 1. The Morgan fingerprint density at radius 2 is 2.10 bits per heavy atom. The first-order valence-electron chi connectivity index (χ1n) is 3.46. The van der Waals surface area contributed by atoms with Crippen LogP contribution in [-0.2, 0) is 0 Å². The fourth-order valence-electron chi connectivity index (χ4n) is 0.604. The van der Waals surface area contributed by atoms with Crippen LogP contribution in [0.1, 0.15) is 20.8 Å². The molecule has 0 amide bonds. The van der Waals surface area contributed by atoms with Crippen LogP contribution in [0.3, 0.4) is 0 Å². The summed E-state index contributed by atoms with van der Waals surface area (Å²) >= 11 is 1.51. The Bertz CT molecular complexity index is 136. The average molecular weight is 157 g/mol. The van der Waals surface area contributed by atoms with Gasteiger partial charge in [-0.25, -0.2) is 4.40 Å². The molecule has 0 radical (unpaired) electrons. The largest absolute Gasteiger partial charge is 0.221 e. The third-order valence-electron chi connectivity index (χ3n) is 1.13. The van der Waals surface area contributed by atoms with Crippen LogP contribution in [0.15, 0.2) is 16.5 Å². The zero-order valence-corrected chi connectivity index (χ0v) is 7.90. The van der Waals surface area contributed by atoms with E-state index in [0.717, 1.165) is 5.71 Å². The highest BCUT2D eigenvalue weighted by atomic mass is 32.2. The highest BCUT2D eigenvalue weighted by Gasteiger charge is 1.98. The van der Waals surface area contributed by atoms with Crippen LogP contribution in [0.25, 0.3) is 0 Å². The van der Waals surface area contributed by atoms with Gasteiger partial charge in [0, 0.05) is 6.26 Å². The molecule has 0 bridgehead atoms. The van der Waals surface area contributed by atoms with Crippen molar-refractivity contribution in [1.29, 1.82) is 0 Å². The van der Waals surface area contributed by atoms with Crippen LogP contribution in [-0.4, -0.2) is 12.0 Å². The van der Waals surface area contributed by atoms with Gasteiger partial charge in [-0.15, -0.1) is 0 Å². The van der Waals surface area contributed by atoms with E-state index in [1.165, 1.54) is 11.9 Å². The number of allylic oxidation sites excluding steroid dienone is 2. The Morgan fingerprint density at radius 1 is 1.50 bits per heavy atom. The van der Waals surface area contributed by atoms with Crippen molar-refractivity contribution < 1.29 is 0 Å². The molecular weight excluding hydrogens is 142 g/mol. The Labute approximate surface area is 67.8 Å². The van der Waals surface area contributed by atoms with E-state index in [0.29, 0.717) is 5.92 Å². The first-order chi connectivity index (χ1) is 4.72. The maximum Gasteiger partial charge on any atom is 0.0508 e. The molecule has 1 nitrogen and oxygen atoms in total. The fraction of sp³-hybridized carbons (Fsp3) is 0.625. The van der Waals surface area contributed by atoms with E-state index < -0.39 is 0 Å². The summed E-state index contributed by atoms with van der Waals surface area (Å²) in [4.78, 5) is 0. The third-order valence-corrected chi connectivity index (χ3v) is 1.52. The highest BCUT2D eigenvalue weighted by Crippen LogP contribution is 2.04. The first-order valence-corrected chi connectivity index (χ1v) is 4.64. The summed E-state index contributed by atoms with van der Waals surface area (Å²) in [6.45, 7) is 6.31. The minimum Gasteiger partial charge on any atom is -0.221 e. The molecule has 0 rings (SSSR count). The molecule has 2 heteroatoms. The van der Waals surface area contributed by atoms with Gasteiger partial charge in [-0.05, 0) is 30.9 Å². The molecule has 0 saturated heterocycles. The lowest BCUT2D eigenvalue weighted by molar-refractivity contribution is 0.892. The van der Waals surface area contributed by atoms with Gasteiger partial charge in [0.2, 0.25) is 0 Å². The molecule has 0 heterocycles. The van der Waals surface area contributed by atoms with Crippen LogP contribution < -0.4 is 0 Å². The zero-order valence-electron chi connectivity index (χ0n) is 7.09. The molecule has 0 atom stereocenters. The van der Waals surface area contributed by atoms with Crippen molar-refractivity contribution in [2.45, 2.75) is 20.8 Å². The van der Waals surface area contributed by atoms with Crippen LogP contribution >= 0.6 is 11.9 Å². The van der Waals surface area contributed by atoms with Crippen LogP contribution in [0.2, 0.25) is 0 Å². The molecule has 0 saturated carbocycles. The van der Waals surface area contributed by atoms with Gasteiger partial charge in [0.25, 0.3) is 0 Å². The number of hydrogen-bond acceptors (Lipinski definition) is 2. The summed E-state index contributed by atoms with van der Waals surface area (Å²) < 4.78 is 4.26. The summed E-state index contributed by atoms with van der Waals surface area (Å²) in [7, 11) is 0. The molecule has 10 heavy (non-hydrogen) atoms. The van der Waals surface area contributed by atoms with Gasteiger partial charge in [-0.2, -0.15) is 0 Å². The molecular formula is C8H15NS. The minimum absolute atomic E-state index is 0.531. The van der Waals surface area contributed by atoms with Crippen molar-refractivity contribution >= 4 is 17.7 Å². The molecule has 58 valence electrons. The van der Waals surface area contributed by atoms with Gasteiger partial charge >= 0.3 is 0 Å². The minimum atomic E-state index is 0.531. The predicted octanol–water partition coefficient (Wildman–Crippen LogP) is 2.94. The summed E-state index contributed by atoms with van der Waals surface area (Å²) in [5.41, 5.74) is 1.16. The van der Waals surface area contributed by atoms with Crippen LogP contribution in [0.4, 0.5) is 0 Å². The Balaban J connectivity index is 4.11. The summed E-state index contributed by atoms with van der Waals surface area (Å²) in [6.07, 6.45) is 6.06. The SMILES string of the molecule is C/C=C\C(=NSC)C(C)C. The maximum absolute atomic E-state index is 4.26. The predicted molar refractivity (Wildman–Crippen MR) is 50.6 cm³/mol. The Morgan fingerprint density at radius 3 is 2.40 bits per heavy atom. The van der Waals surface area contributed by atoms with Crippen molar-refractivity contribution in [3.05, 3.63) is 12.2 Å². The van der Waals surface area contributed by atoms with E-state index in [-0.39, 0.29) is 0 Å². The highest BCUT2D eigenvalue weighted by molar-refractivity contribution is 7.97. The topological polar surface area (TPSA) is 12.4 Å². The van der Waals surface area contributed by atoms with Crippen LogP contribution in [0, 0.1) is 5.92 Å². The van der Waals surface area contributed by atoms with Gasteiger partial charge in [0.15, 0.2) is 0 Å². The van der Waals surface area contributed by atoms with Crippen molar-refractivity contribution in [3.63, 3.8) is 0 Å². The molecule has 0 aromatic carbocycles. The van der Waals surface area contributed by atoms with Crippen LogP contribution in [0.5, 0.6) is 0 Å². The van der Waals surface area contributed by atoms with Gasteiger partial charge in [-0.3, -0.25) is 0 Å². The van der Waals surface area contributed by atoms with E-state index in [2.05, 4.69) is 24.3 Å². The second-order valence-corrected chi connectivity index (χ2v) is 2.90. The molecule has 0 aromatic heterocycles. The molecule has 0 spiro atoms. The molecule has 0 N–H and O–H groups in total. The van der Waals surface area contributed by atoms with E-state index in [4.69, 9.17) is 0 Å². The van der Waals surface area contributed by atoms with Gasteiger partial charge < -0.3 is 0 Å². The molecule has 0 aliphatic rings. The van der Waals surface area contributed by atoms with E-state index in [1.807, 2.05) is 19.3 Å². The van der Waals surface area contributed by atoms with Crippen molar-refractivity contribution in [2.75, 3.05) is 6.26 Å². The monoisotopic (exact) mass is 157 g/mol. The standard InChI is InChI=1S/C8H15NS/c1-5-6-8(7(2)3)9-10-4/h5-7H,1-4H3/b6-5-,9-8?. The fourth-order valence-corrected chi connectivity index (χ4v) is 1.09. The van der Waals surface area contributed by atoms with Crippen molar-refractivity contribution in [3.8, 4) is 0 Å². The smallest absolute Gasteiger partial charge is 0.0508 e. The number of rotatable bonds is 3. The molecule has 0 aromatic rings. The van der Waals surface area contributed by atoms with Gasteiger partial charge in [0.1, 0.15) is 0 Å². The van der Waals surface area contributed by atoms with E-state index in [1.54, 1.807) is 0 Å². The average Bonchev–Trinajstić information content (AvgIpc) is 1.87. The second kappa shape index (κ2) is 5.54. The Hall–Kier alpha value is -0.240. The molecule has 0 aliphatic heterocycles. The summed E-state index contributed by atoms with van der Waals surface area (Å²) in [5.74, 6) is 0.531. The lowest BCUT2D eigenvalue weighted by Gasteiger charge is -2.02. The van der Waals surface area contributed by atoms with Crippen molar-refractivity contribution in [2.24, 2.45) is 10.3 Å². The number of hydrogen-bond donors (Lipinski definition) is 0. The van der Waals surface area contributed by atoms with E-state index in [9.17, 15) is 0 Å². The summed E-state index contributed by atoms with van der Waals surface area (Å²) in [6, 6.07) is 0. The third kappa shape index (κ3) is 3.72. The quantitative estimate of drug-likeness (QED) is 0.453. The van der Waals surface area contributed by atoms with Gasteiger partial charge in [-0.1, -0.05) is 19.9 Å². The van der Waals surface area contributed by atoms with E-state index >= 15 is 0 Å². The maximum atomic E-state index is 4.26. The molecule has 0 fully saturated rings. The summed E-state index contributed by atoms with van der Waals surface area (Å²) in [5, 5.41) is 0. The van der Waals surface area contributed by atoms with Crippen molar-refractivity contribution in [1.82, 2.24) is 0 Å². The molecule has 0 unspecified atom stereocenters.